The predicted octanol–water partition coefficient (Wildman–Crippen LogP) is 6.98. The predicted molar refractivity (Wildman–Crippen MR) is 148 cm³/mol. The van der Waals surface area contributed by atoms with Gasteiger partial charge in [-0.25, -0.2) is 4.79 Å². The molecule has 1 atom stereocenters. The first kappa shape index (κ1) is 26.4. The molecular formula is C32H41NO3. The van der Waals surface area contributed by atoms with Gasteiger partial charge in [0.15, 0.2) is 0 Å². The first-order valence-corrected chi connectivity index (χ1v) is 13.2. The third-order valence-electron chi connectivity index (χ3n) is 8.23. The fraction of sp³-hybridized carbons (Fsp3) is 0.469. The lowest BCUT2D eigenvalue weighted by atomic mass is 9.61. The number of fused-ring (bicyclic) bond motifs is 1. The zero-order valence-electron chi connectivity index (χ0n) is 22.6. The van der Waals surface area contributed by atoms with Crippen LogP contribution < -0.4 is 0 Å². The summed E-state index contributed by atoms with van der Waals surface area (Å²) in [6.07, 6.45) is 8.62. The van der Waals surface area contributed by atoms with Gasteiger partial charge < -0.3 is 10.2 Å². The second kappa shape index (κ2) is 9.99. The second-order valence-corrected chi connectivity index (χ2v) is 12.1. The van der Waals surface area contributed by atoms with E-state index in [9.17, 15) is 9.90 Å². The lowest BCUT2D eigenvalue weighted by molar-refractivity contribution is 0.0697. The Bertz CT molecular complexity index is 1180. The van der Waals surface area contributed by atoms with Crippen molar-refractivity contribution in [1.29, 1.82) is 0 Å². The molecule has 2 aromatic rings. The number of carboxylic acid groups (broad SMARTS) is 1. The normalized spacial score (nSPS) is 20.3. The largest absolute Gasteiger partial charge is 0.478 e. The monoisotopic (exact) mass is 487 g/mol. The summed E-state index contributed by atoms with van der Waals surface area (Å²) in [6, 6.07) is 11.7. The number of nitrogens with zero attached hydrogens (tertiary/aromatic N) is 1. The molecule has 0 saturated heterocycles. The molecule has 2 aliphatic rings. The number of hydrogen-bond acceptors (Lipinski definition) is 3. The molecule has 36 heavy (non-hydrogen) atoms. The molecule has 4 rings (SSSR count). The van der Waals surface area contributed by atoms with Crippen LogP contribution in [0.5, 0.6) is 0 Å². The van der Waals surface area contributed by atoms with Gasteiger partial charge in [0.05, 0.1) is 11.7 Å². The first-order valence-electron chi connectivity index (χ1n) is 13.2. The van der Waals surface area contributed by atoms with Crippen molar-refractivity contribution in [3.63, 3.8) is 0 Å². The van der Waals surface area contributed by atoms with Crippen molar-refractivity contribution in [2.24, 2.45) is 0 Å². The van der Waals surface area contributed by atoms with E-state index in [1.54, 1.807) is 30.3 Å². The standard InChI is InChI=1S/C32H41NO3/c1-21(2)33-17-13-23(14-18-33)26-19-25(20-27-29(26)32(5,6)16-15-31(27,3)4)28(34)12-9-22-7-10-24(11-8-22)30(35)36/h7-13,19-21,28,34H,14-18H2,1-6H3,(H,35,36). The van der Waals surface area contributed by atoms with Crippen LogP contribution in [0.4, 0.5) is 0 Å². The van der Waals surface area contributed by atoms with E-state index in [0.717, 1.165) is 43.5 Å². The van der Waals surface area contributed by atoms with Crippen molar-refractivity contribution in [3.8, 4) is 0 Å². The van der Waals surface area contributed by atoms with E-state index in [2.05, 4.69) is 64.7 Å². The van der Waals surface area contributed by atoms with Gasteiger partial charge in [-0.05, 0) is 95.5 Å². The summed E-state index contributed by atoms with van der Waals surface area (Å²) in [6.45, 7) is 15.9. The SMILES string of the molecule is CC(C)N1CC=C(c2cc(C(O)C=Cc3ccc(C(=O)O)cc3)cc3c2C(C)(C)CCC3(C)C)CC1. The number of benzene rings is 2. The average molecular weight is 488 g/mol. The van der Waals surface area contributed by atoms with Crippen molar-refractivity contribution in [2.75, 3.05) is 13.1 Å². The van der Waals surface area contributed by atoms with Crippen LogP contribution in [-0.4, -0.2) is 40.2 Å². The minimum Gasteiger partial charge on any atom is -0.478 e. The van der Waals surface area contributed by atoms with Gasteiger partial charge in [-0.15, -0.1) is 0 Å². The van der Waals surface area contributed by atoms with Crippen LogP contribution in [0, 0.1) is 0 Å². The first-order chi connectivity index (χ1) is 16.9. The van der Waals surface area contributed by atoms with Crippen LogP contribution in [-0.2, 0) is 10.8 Å². The van der Waals surface area contributed by atoms with E-state index in [-0.39, 0.29) is 16.4 Å². The summed E-state index contributed by atoms with van der Waals surface area (Å²) in [5, 5.41) is 20.4. The van der Waals surface area contributed by atoms with Crippen molar-refractivity contribution in [1.82, 2.24) is 4.90 Å². The van der Waals surface area contributed by atoms with Crippen LogP contribution in [0.15, 0.2) is 48.6 Å². The molecule has 4 heteroatoms. The van der Waals surface area contributed by atoms with Crippen LogP contribution >= 0.6 is 0 Å². The highest BCUT2D eigenvalue weighted by Gasteiger charge is 2.39. The van der Waals surface area contributed by atoms with Crippen LogP contribution in [0.3, 0.4) is 0 Å². The van der Waals surface area contributed by atoms with E-state index in [1.807, 2.05) is 6.08 Å². The minimum atomic E-state index is -0.939. The molecule has 1 heterocycles. The molecule has 4 nitrogen and oxygen atoms in total. The second-order valence-electron chi connectivity index (χ2n) is 12.1. The van der Waals surface area contributed by atoms with Gasteiger partial charge >= 0.3 is 5.97 Å². The zero-order valence-corrected chi connectivity index (χ0v) is 22.6. The van der Waals surface area contributed by atoms with Crippen molar-refractivity contribution >= 4 is 17.6 Å². The smallest absolute Gasteiger partial charge is 0.335 e. The molecule has 1 aliphatic heterocycles. The molecule has 2 aromatic carbocycles. The highest BCUT2D eigenvalue weighted by Crippen LogP contribution is 2.50. The zero-order chi connectivity index (χ0) is 26.3. The Balaban J connectivity index is 1.75. The third kappa shape index (κ3) is 5.35. The molecule has 192 valence electrons. The molecule has 0 saturated carbocycles. The molecular weight excluding hydrogens is 446 g/mol. The topological polar surface area (TPSA) is 60.8 Å². The molecule has 0 spiro atoms. The summed E-state index contributed by atoms with van der Waals surface area (Å²) in [4.78, 5) is 13.6. The lowest BCUT2D eigenvalue weighted by Gasteiger charge is -2.44. The average Bonchev–Trinajstić information content (AvgIpc) is 2.85. The summed E-state index contributed by atoms with van der Waals surface area (Å²) in [7, 11) is 0. The molecule has 0 amide bonds. The van der Waals surface area contributed by atoms with E-state index >= 15 is 0 Å². The quantitative estimate of drug-likeness (QED) is 0.461. The molecule has 0 aromatic heterocycles. The fourth-order valence-corrected chi connectivity index (χ4v) is 5.68. The highest BCUT2D eigenvalue weighted by molar-refractivity contribution is 5.87. The van der Waals surface area contributed by atoms with Gasteiger partial charge in [-0.2, -0.15) is 0 Å². The van der Waals surface area contributed by atoms with Crippen molar-refractivity contribution in [3.05, 3.63) is 81.9 Å². The van der Waals surface area contributed by atoms with Gasteiger partial charge in [-0.3, -0.25) is 4.90 Å². The van der Waals surface area contributed by atoms with Gasteiger partial charge in [0.25, 0.3) is 0 Å². The minimum absolute atomic E-state index is 0.0465. The fourth-order valence-electron chi connectivity index (χ4n) is 5.68. The summed E-state index contributed by atoms with van der Waals surface area (Å²) < 4.78 is 0. The number of aliphatic hydroxyl groups excluding tert-OH is 1. The van der Waals surface area contributed by atoms with E-state index in [4.69, 9.17) is 5.11 Å². The Morgan fingerprint density at radius 2 is 1.69 bits per heavy atom. The van der Waals surface area contributed by atoms with E-state index in [0.29, 0.717) is 6.04 Å². The van der Waals surface area contributed by atoms with Gasteiger partial charge in [-0.1, -0.05) is 64.1 Å². The number of aromatic carboxylic acids is 1. The van der Waals surface area contributed by atoms with Gasteiger partial charge in [0.1, 0.15) is 0 Å². The number of rotatable bonds is 6. The summed E-state index contributed by atoms with van der Waals surface area (Å²) in [5.74, 6) is -0.939. The Morgan fingerprint density at radius 1 is 1.03 bits per heavy atom. The van der Waals surface area contributed by atoms with Crippen LogP contribution in [0.1, 0.15) is 105 Å². The van der Waals surface area contributed by atoms with Gasteiger partial charge in [0.2, 0.25) is 0 Å². The molecule has 1 aliphatic carbocycles. The molecule has 0 fully saturated rings. The lowest BCUT2D eigenvalue weighted by Crippen LogP contribution is -2.37. The van der Waals surface area contributed by atoms with E-state index < -0.39 is 12.1 Å². The maximum atomic E-state index is 11.3. The molecule has 0 radical (unpaired) electrons. The summed E-state index contributed by atoms with van der Waals surface area (Å²) >= 11 is 0. The molecule has 2 N–H and O–H groups in total. The number of hydrogen-bond donors (Lipinski definition) is 2. The van der Waals surface area contributed by atoms with Crippen molar-refractivity contribution < 1.29 is 15.0 Å². The molecule has 0 bridgehead atoms. The number of carboxylic acids is 1. The maximum Gasteiger partial charge on any atom is 0.335 e. The Kier molecular flexibility index (Phi) is 7.32. The highest BCUT2D eigenvalue weighted by atomic mass is 16.4. The molecule has 1 unspecified atom stereocenters. The van der Waals surface area contributed by atoms with Crippen molar-refractivity contribution in [2.45, 2.75) is 83.8 Å². The number of carbonyl (C=O) groups is 1. The number of aliphatic hydroxyl groups is 1. The Labute approximate surface area is 216 Å². The van der Waals surface area contributed by atoms with Crippen LogP contribution in [0.25, 0.3) is 11.6 Å². The maximum absolute atomic E-state index is 11.3. The van der Waals surface area contributed by atoms with Gasteiger partial charge in [0, 0.05) is 19.1 Å². The third-order valence-corrected chi connectivity index (χ3v) is 8.23. The van der Waals surface area contributed by atoms with Crippen LogP contribution in [0.2, 0.25) is 0 Å². The summed E-state index contributed by atoms with van der Waals surface area (Å²) in [5.41, 5.74) is 7.69. The Hall–Kier alpha value is -2.69. The Morgan fingerprint density at radius 3 is 2.28 bits per heavy atom. The van der Waals surface area contributed by atoms with E-state index in [1.165, 1.54) is 22.3 Å².